The van der Waals surface area contributed by atoms with Crippen LogP contribution in [0.5, 0.6) is 11.5 Å². The number of likely N-dealkylation sites (N-methyl/N-ethyl adjacent to an activating group) is 2. The first-order valence-electron chi connectivity index (χ1n) is 22.7. The van der Waals surface area contributed by atoms with E-state index in [4.69, 9.17) is 18.3 Å². The monoisotopic (exact) mass is 893 g/mol. The van der Waals surface area contributed by atoms with Crippen molar-refractivity contribution in [3.8, 4) is 34.4 Å². The SMILES string of the molecule is CNC(=O)[C@@H](NC(=O)c1ccc(-c2ccc(OCc3cncc(C4CCCC([C@H](NC(=O)c5ccc(-c6ccc(OCc7ccccc7)cn6)o5)C(=O)NC)C4)c3)cn2)o1)C1CCCCC1. The summed E-state index contributed by atoms with van der Waals surface area (Å²) < 4.78 is 23.8. The lowest BCUT2D eigenvalue weighted by Crippen LogP contribution is -2.51. The fourth-order valence-corrected chi connectivity index (χ4v) is 8.97. The molecule has 2 saturated carbocycles. The molecule has 8 rings (SSSR count). The third-order valence-corrected chi connectivity index (χ3v) is 12.5. The zero-order valence-corrected chi connectivity index (χ0v) is 37.2. The number of rotatable bonds is 17. The molecule has 6 aromatic rings. The minimum Gasteiger partial charge on any atom is -0.487 e. The Balaban J connectivity index is 0.841. The highest BCUT2D eigenvalue weighted by atomic mass is 16.5. The van der Waals surface area contributed by atoms with Crippen LogP contribution >= 0.6 is 0 Å². The van der Waals surface area contributed by atoms with Crippen molar-refractivity contribution in [2.75, 3.05) is 14.1 Å². The molecule has 0 spiro atoms. The predicted octanol–water partition coefficient (Wildman–Crippen LogP) is 7.79. The van der Waals surface area contributed by atoms with Crippen LogP contribution in [0, 0.1) is 11.8 Å². The summed E-state index contributed by atoms with van der Waals surface area (Å²) in [4.78, 5) is 66.2. The number of hydrogen-bond acceptors (Lipinski definition) is 11. The molecule has 342 valence electrons. The van der Waals surface area contributed by atoms with Crippen LogP contribution in [0.4, 0.5) is 0 Å². The molecule has 2 aliphatic carbocycles. The largest absolute Gasteiger partial charge is 0.487 e. The van der Waals surface area contributed by atoms with Crippen molar-refractivity contribution in [3.05, 3.63) is 138 Å². The topological polar surface area (TPSA) is 200 Å². The quantitative estimate of drug-likeness (QED) is 0.0697. The van der Waals surface area contributed by atoms with E-state index in [0.29, 0.717) is 47.4 Å². The van der Waals surface area contributed by atoms with Crippen molar-refractivity contribution in [1.29, 1.82) is 0 Å². The maximum atomic E-state index is 13.6. The van der Waals surface area contributed by atoms with Gasteiger partial charge in [-0.1, -0.05) is 56.0 Å². The lowest BCUT2D eigenvalue weighted by atomic mass is 9.75. The lowest BCUT2D eigenvalue weighted by molar-refractivity contribution is -0.124. The average Bonchev–Trinajstić information content (AvgIpc) is 4.09. The summed E-state index contributed by atoms with van der Waals surface area (Å²) in [6.07, 6.45) is 15.1. The lowest BCUT2D eigenvalue weighted by Gasteiger charge is -2.34. The Morgan fingerprint density at radius 2 is 1.17 bits per heavy atom. The summed E-state index contributed by atoms with van der Waals surface area (Å²) in [6.45, 7) is 0.668. The number of nitrogens with zero attached hydrogens (tertiary/aromatic N) is 3. The molecule has 15 heteroatoms. The highest BCUT2D eigenvalue weighted by Crippen LogP contribution is 2.38. The van der Waals surface area contributed by atoms with Gasteiger partial charge in [0, 0.05) is 32.1 Å². The van der Waals surface area contributed by atoms with Crippen molar-refractivity contribution in [1.82, 2.24) is 36.2 Å². The minimum atomic E-state index is -0.773. The Morgan fingerprint density at radius 1 is 0.606 bits per heavy atom. The normalized spacial score (nSPS) is 17.2. The Hall–Kier alpha value is -7.29. The van der Waals surface area contributed by atoms with Crippen molar-refractivity contribution in [2.24, 2.45) is 11.8 Å². The molecule has 2 aliphatic rings. The maximum Gasteiger partial charge on any atom is 0.287 e. The van der Waals surface area contributed by atoms with Gasteiger partial charge in [-0.15, -0.1) is 0 Å². The third-order valence-electron chi connectivity index (χ3n) is 12.5. The van der Waals surface area contributed by atoms with Gasteiger partial charge in [0.15, 0.2) is 23.0 Å². The standard InChI is InChI=1S/C51H55N7O8/c1-52-50(61)46(34-12-7-4-8-13-34)57-48(59)44-22-20-42(65-44)41-19-17-39(29-56-41)64-31-33-24-37(27-54-26-33)35-14-9-15-36(25-35)47(51(62)53-2)58-49(60)45-23-21-43(66-45)40-18-16-38(28-55-40)63-30-32-10-5-3-6-11-32/h3,5-6,10-11,16-24,26-29,34-36,46-47H,4,7-9,12-15,25,30-31H2,1-2H3,(H,52,61)(H,53,62)(H,57,59)(H,58,60)/t35?,36?,46-,47-/m0/s1. The molecule has 0 aliphatic heterocycles. The van der Waals surface area contributed by atoms with Crippen molar-refractivity contribution in [3.63, 3.8) is 0 Å². The van der Waals surface area contributed by atoms with E-state index in [2.05, 4.69) is 42.3 Å². The zero-order chi connectivity index (χ0) is 45.8. The summed E-state index contributed by atoms with van der Waals surface area (Å²) in [5, 5.41) is 11.3. The predicted molar refractivity (Wildman–Crippen MR) is 245 cm³/mol. The molecule has 66 heavy (non-hydrogen) atoms. The fraction of sp³-hybridized carbons (Fsp3) is 0.353. The number of ether oxygens (including phenoxy) is 2. The summed E-state index contributed by atoms with van der Waals surface area (Å²) >= 11 is 0. The zero-order valence-electron chi connectivity index (χ0n) is 37.2. The van der Waals surface area contributed by atoms with Crippen LogP contribution in [0.15, 0.2) is 119 Å². The number of carbonyl (C=O) groups excluding carboxylic acids is 4. The van der Waals surface area contributed by atoms with Gasteiger partial charge in [-0.2, -0.15) is 0 Å². The first-order chi connectivity index (χ1) is 32.2. The number of aromatic nitrogens is 3. The van der Waals surface area contributed by atoms with E-state index in [0.717, 1.165) is 68.1 Å². The molecule has 5 aromatic heterocycles. The van der Waals surface area contributed by atoms with E-state index in [1.165, 1.54) is 0 Å². The number of amides is 4. The fourth-order valence-electron chi connectivity index (χ4n) is 8.97. The number of nitrogens with one attached hydrogen (secondary N) is 4. The van der Waals surface area contributed by atoms with E-state index >= 15 is 0 Å². The van der Waals surface area contributed by atoms with E-state index in [1.54, 1.807) is 81.2 Å². The summed E-state index contributed by atoms with van der Waals surface area (Å²) in [6, 6.07) is 24.2. The molecule has 4 atom stereocenters. The molecule has 15 nitrogen and oxygen atoms in total. The van der Waals surface area contributed by atoms with Crippen molar-refractivity contribution >= 4 is 23.6 Å². The van der Waals surface area contributed by atoms with Gasteiger partial charge in [0.2, 0.25) is 11.8 Å². The molecule has 1 aromatic carbocycles. The number of carbonyl (C=O) groups is 4. The van der Waals surface area contributed by atoms with Crippen molar-refractivity contribution < 1.29 is 37.5 Å². The molecule has 2 fully saturated rings. The average molecular weight is 894 g/mol. The summed E-state index contributed by atoms with van der Waals surface area (Å²) in [5.74, 6) is 0.838. The Kier molecular flexibility index (Phi) is 14.8. The van der Waals surface area contributed by atoms with Crippen LogP contribution in [-0.4, -0.2) is 64.8 Å². The molecular weight excluding hydrogens is 839 g/mol. The molecule has 0 saturated heterocycles. The van der Waals surface area contributed by atoms with Crippen LogP contribution in [-0.2, 0) is 22.8 Å². The minimum absolute atomic E-state index is 0.0804. The van der Waals surface area contributed by atoms with Gasteiger partial charge in [-0.3, -0.25) is 24.2 Å². The Bertz CT molecular complexity index is 2570. The molecule has 4 amide bonds. The van der Waals surface area contributed by atoms with Gasteiger partial charge in [0.25, 0.3) is 11.8 Å². The van der Waals surface area contributed by atoms with Crippen LogP contribution in [0.2, 0.25) is 0 Å². The van der Waals surface area contributed by atoms with Gasteiger partial charge in [-0.25, -0.2) is 9.97 Å². The molecule has 0 bridgehead atoms. The second kappa shape index (κ2) is 21.6. The summed E-state index contributed by atoms with van der Waals surface area (Å²) in [7, 11) is 3.15. The van der Waals surface area contributed by atoms with Gasteiger partial charge in [-0.05, 0) is 116 Å². The highest BCUT2D eigenvalue weighted by Gasteiger charge is 2.35. The smallest absolute Gasteiger partial charge is 0.287 e. The first-order valence-corrected chi connectivity index (χ1v) is 22.7. The van der Waals surface area contributed by atoms with Crippen LogP contribution in [0.3, 0.4) is 0 Å². The number of pyridine rings is 3. The van der Waals surface area contributed by atoms with E-state index in [1.807, 2.05) is 36.5 Å². The van der Waals surface area contributed by atoms with E-state index in [-0.39, 0.29) is 47.7 Å². The van der Waals surface area contributed by atoms with E-state index in [9.17, 15) is 19.2 Å². The second-order valence-corrected chi connectivity index (χ2v) is 16.9. The molecule has 4 N–H and O–H groups in total. The second-order valence-electron chi connectivity index (χ2n) is 16.9. The molecule has 2 unspecified atom stereocenters. The number of furan rings is 2. The van der Waals surface area contributed by atoms with Gasteiger partial charge >= 0.3 is 0 Å². The first kappa shape index (κ1) is 45.3. The van der Waals surface area contributed by atoms with Gasteiger partial charge in [0.1, 0.15) is 48.2 Å². The van der Waals surface area contributed by atoms with Crippen LogP contribution in [0.1, 0.15) is 102 Å². The van der Waals surface area contributed by atoms with E-state index < -0.39 is 23.9 Å². The highest BCUT2D eigenvalue weighted by molar-refractivity contribution is 5.96. The Labute approximate surface area is 383 Å². The maximum absolute atomic E-state index is 13.6. The van der Waals surface area contributed by atoms with Crippen molar-refractivity contribution in [2.45, 2.75) is 89.0 Å². The summed E-state index contributed by atoms with van der Waals surface area (Å²) in [5.41, 5.74) is 4.02. The number of hydrogen-bond donors (Lipinski definition) is 4. The van der Waals surface area contributed by atoms with Gasteiger partial charge in [0.05, 0.1) is 12.4 Å². The molecule has 0 radical (unpaired) electrons. The molecule has 5 heterocycles. The van der Waals surface area contributed by atoms with Gasteiger partial charge < -0.3 is 39.6 Å². The van der Waals surface area contributed by atoms with Crippen LogP contribution in [0.25, 0.3) is 22.9 Å². The Morgan fingerprint density at radius 3 is 1.73 bits per heavy atom. The number of benzene rings is 1. The molecular formula is C51H55N7O8. The van der Waals surface area contributed by atoms with Crippen LogP contribution < -0.4 is 30.7 Å². The third kappa shape index (κ3) is 11.3.